The quantitative estimate of drug-likeness (QED) is 0.750. The average molecular weight is 357 g/mol. The molecule has 126 valence electrons. The first-order valence-corrected chi connectivity index (χ1v) is 7.86. The van der Waals surface area contributed by atoms with Crippen LogP contribution in [0.25, 0.3) is 5.69 Å². The molecule has 0 aliphatic carbocycles. The van der Waals surface area contributed by atoms with Crippen LogP contribution in [0.1, 0.15) is 29.9 Å². The fraction of sp³-hybridized carbons (Fsp3) is 0.375. The van der Waals surface area contributed by atoms with Gasteiger partial charge in [-0.3, -0.25) is 4.79 Å². The molecule has 1 heterocycles. The predicted molar refractivity (Wildman–Crippen MR) is 96.1 cm³/mol. The van der Waals surface area contributed by atoms with Crippen LogP contribution in [0, 0.1) is 0 Å². The summed E-state index contributed by atoms with van der Waals surface area (Å²) in [5.74, 6) is -0.0944. The minimum Gasteiger partial charge on any atom is -0.351 e. The molecule has 23 heavy (non-hydrogen) atoms. The van der Waals surface area contributed by atoms with Gasteiger partial charge in [0.15, 0.2) is 0 Å². The largest absolute Gasteiger partial charge is 0.351 e. The van der Waals surface area contributed by atoms with Gasteiger partial charge in [0.1, 0.15) is 0 Å². The highest BCUT2D eigenvalue weighted by molar-refractivity contribution is 6.30. The summed E-state index contributed by atoms with van der Waals surface area (Å²) in [6.45, 7) is 6.28. The number of hydrogen-bond donors (Lipinski definition) is 2. The van der Waals surface area contributed by atoms with Crippen molar-refractivity contribution < 1.29 is 4.79 Å². The summed E-state index contributed by atoms with van der Waals surface area (Å²) in [5.41, 5.74) is 2.35. The van der Waals surface area contributed by atoms with Crippen molar-refractivity contribution in [1.29, 1.82) is 0 Å². The molecule has 0 bridgehead atoms. The van der Waals surface area contributed by atoms with E-state index in [1.807, 2.05) is 38.1 Å². The maximum atomic E-state index is 12.3. The van der Waals surface area contributed by atoms with Gasteiger partial charge in [0.2, 0.25) is 0 Å². The third kappa shape index (κ3) is 4.96. The molecule has 0 unspecified atom stereocenters. The minimum absolute atomic E-state index is 0. The first-order chi connectivity index (χ1) is 10.7. The van der Waals surface area contributed by atoms with E-state index in [1.165, 1.54) is 0 Å². The molecule has 1 aromatic heterocycles. The van der Waals surface area contributed by atoms with Gasteiger partial charge in [0, 0.05) is 18.1 Å². The van der Waals surface area contributed by atoms with Gasteiger partial charge < -0.3 is 10.6 Å². The van der Waals surface area contributed by atoms with Crippen molar-refractivity contribution in [3.63, 3.8) is 0 Å². The van der Waals surface area contributed by atoms with E-state index in [1.54, 1.807) is 10.9 Å². The number of halogens is 2. The molecule has 0 saturated heterocycles. The lowest BCUT2D eigenvalue weighted by Crippen LogP contribution is -2.32. The number of carbonyl (C=O) groups excluding carboxylic acids is 1. The average Bonchev–Trinajstić information content (AvgIpc) is 2.95. The van der Waals surface area contributed by atoms with Gasteiger partial charge >= 0.3 is 0 Å². The smallest absolute Gasteiger partial charge is 0.254 e. The van der Waals surface area contributed by atoms with Crippen LogP contribution in [0.5, 0.6) is 0 Å². The Morgan fingerprint density at radius 3 is 2.74 bits per heavy atom. The number of carbonyl (C=O) groups is 1. The highest BCUT2D eigenvalue weighted by atomic mass is 35.5. The lowest BCUT2D eigenvalue weighted by molar-refractivity contribution is 0.0953. The molecule has 0 radical (unpaired) electrons. The molecule has 0 atom stereocenters. The molecule has 7 heteroatoms. The van der Waals surface area contributed by atoms with Crippen LogP contribution in [0.2, 0.25) is 5.02 Å². The van der Waals surface area contributed by atoms with Crippen molar-refractivity contribution in [2.75, 3.05) is 19.6 Å². The highest BCUT2D eigenvalue weighted by Gasteiger charge is 2.16. The van der Waals surface area contributed by atoms with E-state index in [2.05, 4.69) is 15.7 Å². The number of nitrogens with zero attached hydrogens (tertiary/aromatic N) is 2. The Hall–Kier alpha value is -1.56. The summed E-state index contributed by atoms with van der Waals surface area (Å²) >= 11 is 6.03. The summed E-state index contributed by atoms with van der Waals surface area (Å²) in [4.78, 5) is 12.3. The molecule has 0 saturated carbocycles. The fourth-order valence-corrected chi connectivity index (χ4v) is 2.45. The molecule has 2 N–H and O–H groups in total. The van der Waals surface area contributed by atoms with Gasteiger partial charge in [-0.2, -0.15) is 5.10 Å². The number of amides is 1. The number of hydrogen-bond acceptors (Lipinski definition) is 3. The van der Waals surface area contributed by atoms with E-state index in [4.69, 9.17) is 11.6 Å². The van der Waals surface area contributed by atoms with Crippen molar-refractivity contribution in [3.8, 4) is 5.69 Å². The third-order valence-corrected chi connectivity index (χ3v) is 3.57. The van der Waals surface area contributed by atoms with Gasteiger partial charge in [-0.15, -0.1) is 12.4 Å². The van der Waals surface area contributed by atoms with E-state index < -0.39 is 0 Å². The van der Waals surface area contributed by atoms with Gasteiger partial charge in [-0.1, -0.05) is 31.5 Å². The Labute approximate surface area is 147 Å². The van der Waals surface area contributed by atoms with E-state index in [0.717, 1.165) is 24.5 Å². The molecular weight excluding hydrogens is 335 g/mol. The van der Waals surface area contributed by atoms with Crippen molar-refractivity contribution in [2.24, 2.45) is 0 Å². The van der Waals surface area contributed by atoms with Crippen molar-refractivity contribution >= 4 is 29.9 Å². The van der Waals surface area contributed by atoms with Crippen LogP contribution in [0.4, 0.5) is 0 Å². The van der Waals surface area contributed by atoms with Gasteiger partial charge in [-0.05, 0) is 31.2 Å². The first kappa shape index (κ1) is 19.5. The standard InChI is InChI=1S/C16H21ClN4O.ClH/c1-3-15-14(16(22)19-9-8-18-4-2)11-20-21(15)13-7-5-6-12(17)10-13;/h5-7,10-11,18H,3-4,8-9H2,1-2H3,(H,19,22);1H. The summed E-state index contributed by atoms with van der Waals surface area (Å²) < 4.78 is 1.77. The third-order valence-electron chi connectivity index (χ3n) is 3.34. The predicted octanol–water partition coefficient (Wildman–Crippen LogP) is 2.85. The molecule has 1 aromatic carbocycles. The molecule has 2 aromatic rings. The zero-order chi connectivity index (χ0) is 15.9. The fourth-order valence-electron chi connectivity index (χ4n) is 2.27. The topological polar surface area (TPSA) is 58.9 Å². The molecule has 5 nitrogen and oxygen atoms in total. The minimum atomic E-state index is -0.0944. The van der Waals surface area contributed by atoms with Crippen LogP contribution in [0.15, 0.2) is 30.5 Å². The summed E-state index contributed by atoms with van der Waals surface area (Å²) in [6, 6.07) is 7.44. The number of benzene rings is 1. The number of nitrogens with one attached hydrogen (secondary N) is 2. The lowest BCUT2D eigenvalue weighted by Gasteiger charge is -2.09. The summed E-state index contributed by atoms with van der Waals surface area (Å²) in [7, 11) is 0. The molecule has 0 aliphatic rings. The van der Waals surface area contributed by atoms with E-state index in [-0.39, 0.29) is 18.3 Å². The van der Waals surface area contributed by atoms with Gasteiger partial charge in [0.05, 0.1) is 23.1 Å². The maximum absolute atomic E-state index is 12.3. The SMILES string of the molecule is CCNCCNC(=O)c1cnn(-c2cccc(Cl)c2)c1CC.Cl. The zero-order valence-electron chi connectivity index (χ0n) is 13.3. The molecule has 0 fully saturated rings. The van der Waals surface area contributed by atoms with Crippen molar-refractivity contribution in [3.05, 3.63) is 46.7 Å². The Morgan fingerprint density at radius 1 is 1.30 bits per heavy atom. The normalized spacial score (nSPS) is 10.2. The molecule has 1 amide bonds. The van der Waals surface area contributed by atoms with Gasteiger partial charge in [0.25, 0.3) is 5.91 Å². The highest BCUT2D eigenvalue weighted by Crippen LogP contribution is 2.19. The van der Waals surface area contributed by atoms with Gasteiger partial charge in [-0.25, -0.2) is 4.68 Å². The van der Waals surface area contributed by atoms with Crippen LogP contribution in [-0.2, 0) is 6.42 Å². The number of rotatable bonds is 7. The Balaban J connectivity index is 0.00000264. The first-order valence-electron chi connectivity index (χ1n) is 7.49. The van der Waals surface area contributed by atoms with Crippen LogP contribution in [-0.4, -0.2) is 35.3 Å². The molecular formula is C16H22Cl2N4O. The Morgan fingerprint density at radius 2 is 2.09 bits per heavy atom. The van der Waals surface area contributed by atoms with Crippen LogP contribution < -0.4 is 10.6 Å². The molecule has 2 rings (SSSR count). The summed E-state index contributed by atoms with van der Waals surface area (Å²) in [5, 5.41) is 11.1. The summed E-state index contributed by atoms with van der Waals surface area (Å²) in [6.07, 6.45) is 2.32. The maximum Gasteiger partial charge on any atom is 0.254 e. The zero-order valence-corrected chi connectivity index (χ0v) is 14.9. The molecule has 0 aliphatic heterocycles. The van der Waals surface area contributed by atoms with Crippen LogP contribution in [0.3, 0.4) is 0 Å². The van der Waals surface area contributed by atoms with E-state index in [0.29, 0.717) is 23.6 Å². The van der Waals surface area contributed by atoms with E-state index in [9.17, 15) is 4.79 Å². The van der Waals surface area contributed by atoms with E-state index >= 15 is 0 Å². The van der Waals surface area contributed by atoms with Crippen molar-refractivity contribution in [1.82, 2.24) is 20.4 Å². The Bertz CT molecular complexity index is 643. The molecule has 0 spiro atoms. The second-order valence-corrected chi connectivity index (χ2v) is 5.30. The second kappa shape index (κ2) is 9.55. The Kier molecular flexibility index (Phi) is 8.09. The van der Waals surface area contributed by atoms with Crippen molar-refractivity contribution in [2.45, 2.75) is 20.3 Å². The number of aromatic nitrogens is 2. The van der Waals surface area contributed by atoms with Crippen LogP contribution >= 0.6 is 24.0 Å². The monoisotopic (exact) mass is 356 g/mol. The number of likely N-dealkylation sites (N-methyl/N-ethyl adjacent to an activating group) is 1. The second-order valence-electron chi connectivity index (χ2n) is 4.86. The lowest BCUT2D eigenvalue weighted by atomic mass is 10.2.